The highest BCUT2D eigenvalue weighted by molar-refractivity contribution is 7.22. The maximum Gasteiger partial charge on any atom is 0.310 e. The summed E-state index contributed by atoms with van der Waals surface area (Å²) in [4.78, 5) is 22.8. The Morgan fingerprint density at radius 1 is 1.15 bits per heavy atom. The van der Waals surface area contributed by atoms with Gasteiger partial charge in [-0.3, -0.25) is 4.79 Å². The lowest BCUT2D eigenvalue weighted by atomic mass is 9.91. The normalized spacial score (nSPS) is 14.4. The molecule has 1 aliphatic heterocycles. The molecule has 1 saturated heterocycles. The van der Waals surface area contributed by atoms with Gasteiger partial charge in [-0.05, 0) is 98.3 Å². The van der Waals surface area contributed by atoms with E-state index in [0.717, 1.165) is 80.1 Å². The van der Waals surface area contributed by atoms with Crippen LogP contribution in [0.25, 0.3) is 43.1 Å². The first-order valence-corrected chi connectivity index (χ1v) is 14.6. The number of fused-ring (bicyclic) bond motifs is 2. The third-order valence-electron chi connectivity index (χ3n) is 7.63. The Hall–Kier alpha value is -3.26. The smallest absolute Gasteiger partial charge is 0.310 e. The Balaban J connectivity index is 1.50. The van der Waals surface area contributed by atoms with Crippen molar-refractivity contribution >= 4 is 50.2 Å². The number of esters is 1. The van der Waals surface area contributed by atoms with Gasteiger partial charge in [0, 0.05) is 23.8 Å². The molecular weight excluding hydrogens is 528 g/mol. The SMILES string of the molecule is CCOC(=O)Cc1c(C)cc2nc(-c3ccc4c(n3)c(C3CCNCC3)cn4C)sc2c1-c1ccc(Cl)cc1. The van der Waals surface area contributed by atoms with Crippen LogP contribution < -0.4 is 5.32 Å². The Labute approximate surface area is 237 Å². The topological polar surface area (TPSA) is 69.0 Å². The highest BCUT2D eigenvalue weighted by atomic mass is 35.5. The average molecular weight is 559 g/mol. The van der Waals surface area contributed by atoms with Crippen LogP contribution in [0.15, 0.2) is 48.7 Å². The molecule has 2 aromatic carbocycles. The molecule has 0 spiro atoms. The summed E-state index contributed by atoms with van der Waals surface area (Å²) in [5.74, 6) is 0.277. The standard InChI is InChI=1S/C31H31ClN4O2S/c1-4-38-27(37)16-22-18(2)15-25-30(28(22)20-5-7-21(32)8-6-20)39-31(35-25)24-9-10-26-29(34-24)23(17-36(26)3)19-11-13-33-14-12-19/h5-10,15,17,19,33H,4,11-14,16H2,1-3H3. The molecule has 0 bridgehead atoms. The van der Waals surface area contributed by atoms with E-state index in [4.69, 9.17) is 26.3 Å². The number of piperidine rings is 1. The second kappa shape index (κ2) is 10.7. The fraction of sp³-hybridized carbons (Fsp3) is 0.323. The Bertz CT molecular complexity index is 1680. The van der Waals surface area contributed by atoms with Crippen molar-refractivity contribution in [1.29, 1.82) is 0 Å². The second-order valence-electron chi connectivity index (χ2n) is 10.2. The molecule has 6 nitrogen and oxygen atoms in total. The van der Waals surface area contributed by atoms with Crippen LogP contribution in [0.2, 0.25) is 5.02 Å². The number of carbonyl (C=O) groups excluding carboxylic acids is 1. The van der Waals surface area contributed by atoms with Crippen molar-refractivity contribution in [3.8, 4) is 21.8 Å². The predicted octanol–water partition coefficient (Wildman–Crippen LogP) is 7.05. The minimum absolute atomic E-state index is 0.203. The zero-order valence-corrected chi connectivity index (χ0v) is 24.0. The number of nitrogens with one attached hydrogen (secondary N) is 1. The molecule has 1 aliphatic rings. The van der Waals surface area contributed by atoms with Crippen LogP contribution in [-0.2, 0) is 23.0 Å². The van der Waals surface area contributed by atoms with Crippen LogP contribution in [-0.4, -0.2) is 40.2 Å². The number of ether oxygens (including phenoxy) is 1. The predicted molar refractivity (Wildman–Crippen MR) is 160 cm³/mol. The van der Waals surface area contributed by atoms with Gasteiger partial charge in [0.2, 0.25) is 0 Å². The molecule has 0 aliphatic carbocycles. The summed E-state index contributed by atoms with van der Waals surface area (Å²) in [5.41, 5.74) is 9.29. The molecule has 39 heavy (non-hydrogen) atoms. The highest BCUT2D eigenvalue weighted by Crippen LogP contribution is 2.41. The number of pyridine rings is 1. The summed E-state index contributed by atoms with van der Waals surface area (Å²) in [6.45, 7) is 6.30. The van der Waals surface area contributed by atoms with Gasteiger partial charge in [0.05, 0.1) is 40.0 Å². The molecule has 5 aromatic rings. The van der Waals surface area contributed by atoms with Crippen LogP contribution in [0.3, 0.4) is 0 Å². The molecule has 8 heteroatoms. The first-order chi connectivity index (χ1) is 18.9. The van der Waals surface area contributed by atoms with E-state index in [-0.39, 0.29) is 12.4 Å². The Kier molecular flexibility index (Phi) is 7.14. The summed E-state index contributed by atoms with van der Waals surface area (Å²) >= 11 is 7.84. The van der Waals surface area contributed by atoms with Gasteiger partial charge in [-0.2, -0.15) is 0 Å². The van der Waals surface area contributed by atoms with E-state index >= 15 is 0 Å². The van der Waals surface area contributed by atoms with E-state index in [1.165, 1.54) is 5.56 Å². The lowest BCUT2D eigenvalue weighted by molar-refractivity contribution is -0.142. The van der Waals surface area contributed by atoms with E-state index in [0.29, 0.717) is 17.5 Å². The largest absolute Gasteiger partial charge is 0.466 e. The molecule has 1 N–H and O–H groups in total. The van der Waals surface area contributed by atoms with Gasteiger partial charge >= 0.3 is 5.97 Å². The van der Waals surface area contributed by atoms with E-state index < -0.39 is 0 Å². The Morgan fingerprint density at radius 2 is 1.92 bits per heavy atom. The van der Waals surface area contributed by atoms with Crippen molar-refractivity contribution in [3.05, 3.63) is 70.4 Å². The molecule has 4 heterocycles. The monoisotopic (exact) mass is 558 g/mol. The number of thiazole rings is 1. The zero-order chi connectivity index (χ0) is 27.1. The minimum Gasteiger partial charge on any atom is -0.466 e. The summed E-state index contributed by atoms with van der Waals surface area (Å²) in [5, 5.41) is 5.01. The molecule has 0 atom stereocenters. The number of nitrogens with zero attached hydrogens (tertiary/aromatic N) is 3. The first-order valence-electron chi connectivity index (χ1n) is 13.4. The maximum atomic E-state index is 12.6. The maximum absolute atomic E-state index is 12.6. The summed E-state index contributed by atoms with van der Waals surface area (Å²) in [6, 6.07) is 14.1. The van der Waals surface area contributed by atoms with Gasteiger partial charge in [-0.15, -0.1) is 11.3 Å². The van der Waals surface area contributed by atoms with Gasteiger partial charge in [0.1, 0.15) is 5.01 Å². The van der Waals surface area contributed by atoms with Gasteiger partial charge < -0.3 is 14.6 Å². The molecule has 6 rings (SSSR count). The van der Waals surface area contributed by atoms with Crippen LogP contribution in [0.5, 0.6) is 0 Å². The van der Waals surface area contributed by atoms with E-state index in [1.54, 1.807) is 11.3 Å². The first kappa shape index (κ1) is 26.0. The lowest BCUT2D eigenvalue weighted by Gasteiger charge is -2.21. The van der Waals surface area contributed by atoms with Gasteiger partial charge in [-0.1, -0.05) is 23.7 Å². The molecule has 3 aromatic heterocycles. The third-order valence-corrected chi connectivity index (χ3v) is 8.99. The van der Waals surface area contributed by atoms with Crippen LogP contribution >= 0.6 is 22.9 Å². The number of halogens is 1. The van der Waals surface area contributed by atoms with Crippen LogP contribution in [0.4, 0.5) is 0 Å². The van der Waals surface area contributed by atoms with Crippen LogP contribution in [0, 0.1) is 6.92 Å². The lowest BCUT2D eigenvalue weighted by Crippen LogP contribution is -2.26. The summed E-state index contributed by atoms with van der Waals surface area (Å²) < 4.78 is 8.53. The number of hydrogen-bond acceptors (Lipinski definition) is 6. The van der Waals surface area contributed by atoms with Gasteiger partial charge in [0.15, 0.2) is 0 Å². The zero-order valence-electron chi connectivity index (χ0n) is 22.4. The molecule has 200 valence electrons. The van der Waals surface area contributed by atoms with Gasteiger partial charge in [-0.25, -0.2) is 9.97 Å². The molecule has 1 fully saturated rings. The van der Waals surface area contributed by atoms with E-state index in [9.17, 15) is 4.79 Å². The van der Waals surface area contributed by atoms with Crippen molar-refractivity contribution in [1.82, 2.24) is 19.9 Å². The number of rotatable bonds is 6. The van der Waals surface area contributed by atoms with Gasteiger partial charge in [0.25, 0.3) is 0 Å². The third kappa shape index (κ3) is 4.95. The molecule has 0 saturated carbocycles. The summed E-state index contributed by atoms with van der Waals surface area (Å²) in [7, 11) is 2.10. The van der Waals surface area contributed by atoms with E-state index in [1.807, 2.05) is 38.1 Å². The Morgan fingerprint density at radius 3 is 2.67 bits per heavy atom. The number of aryl methyl sites for hydroxylation is 2. The van der Waals surface area contributed by atoms with Crippen LogP contribution in [0.1, 0.15) is 42.4 Å². The van der Waals surface area contributed by atoms with Crippen molar-refractivity contribution in [2.75, 3.05) is 19.7 Å². The molecule has 0 amide bonds. The fourth-order valence-electron chi connectivity index (χ4n) is 5.69. The second-order valence-corrected chi connectivity index (χ2v) is 11.6. The number of hydrogen-bond donors (Lipinski definition) is 1. The molecular formula is C31H31ClN4O2S. The van der Waals surface area contributed by atoms with Crippen molar-refractivity contribution in [2.45, 2.75) is 39.0 Å². The minimum atomic E-state index is -0.235. The number of benzene rings is 2. The number of aromatic nitrogens is 3. The van der Waals surface area contributed by atoms with Crippen molar-refractivity contribution < 1.29 is 9.53 Å². The molecule has 0 radical (unpaired) electrons. The highest BCUT2D eigenvalue weighted by Gasteiger charge is 2.23. The summed E-state index contributed by atoms with van der Waals surface area (Å²) in [6.07, 6.45) is 4.70. The fourth-order valence-corrected chi connectivity index (χ4v) is 6.92. The van der Waals surface area contributed by atoms with Crippen molar-refractivity contribution in [2.24, 2.45) is 7.05 Å². The average Bonchev–Trinajstić information content (AvgIpc) is 3.51. The van der Waals surface area contributed by atoms with Crippen molar-refractivity contribution in [3.63, 3.8) is 0 Å². The quantitative estimate of drug-likeness (QED) is 0.226. The molecule has 0 unspecified atom stereocenters. The van der Waals surface area contributed by atoms with E-state index in [2.05, 4.69) is 41.3 Å². The number of carbonyl (C=O) groups is 1.